The summed E-state index contributed by atoms with van der Waals surface area (Å²) in [5, 5.41) is 5.65. The molecule has 3 rings (SSSR count). The van der Waals surface area contributed by atoms with Crippen molar-refractivity contribution in [3.05, 3.63) is 64.7 Å². The van der Waals surface area contributed by atoms with E-state index < -0.39 is 0 Å². The van der Waals surface area contributed by atoms with Gasteiger partial charge < -0.3 is 15.4 Å². The molecule has 2 N–H and O–H groups in total. The lowest BCUT2D eigenvalue weighted by atomic mass is 9.90. The molecule has 1 aliphatic rings. The van der Waals surface area contributed by atoms with Crippen molar-refractivity contribution >= 4 is 17.5 Å². The van der Waals surface area contributed by atoms with Crippen LogP contribution in [0.3, 0.4) is 0 Å². The van der Waals surface area contributed by atoms with E-state index in [0.717, 1.165) is 12.8 Å². The van der Waals surface area contributed by atoms with Gasteiger partial charge in [-0.15, -0.1) is 0 Å². The van der Waals surface area contributed by atoms with Gasteiger partial charge in [-0.1, -0.05) is 18.2 Å². The Balaban J connectivity index is 1.74. The smallest absolute Gasteiger partial charge is 0.255 e. The lowest BCUT2D eigenvalue weighted by Crippen LogP contribution is -2.28. The summed E-state index contributed by atoms with van der Waals surface area (Å²) in [4.78, 5) is 25.0. The van der Waals surface area contributed by atoms with E-state index >= 15 is 0 Å². The molecule has 0 aromatic heterocycles. The average Bonchev–Trinajstić information content (AvgIpc) is 2.68. The fourth-order valence-electron chi connectivity index (χ4n) is 3.22. The van der Waals surface area contributed by atoms with Crippen LogP contribution in [0.1, 0.15) is 44.7 Å². The molecule has 26 heavy (non-hydrogen) atoms. The molecule has 2 amide bonds. The molecular weight excluding hydrogens is 328 g/mol. The van der Waals surface area contributed by atoms with Crippen molar-refractivity contribution in [3.63, 3.8) is 0 Å². The molecule has 136 valence electrons. The molecule has 0 unspecified atom stereocenters. The van der Waals surface area contributed by atoms with Crippen molar-refractivity contribution in [1.82, 2.24) is 5.32 Å². The fourth-order valence-corrected chi connectivity index (χ4v) is 3.22. The number of hydrogen-bond donors (Lipinski definition) is 2. The summed E-state index contributed by atoms with van der Waals surface area (Å²) < 4.78 is 4.94. The van der Waals surface area contributed by atoms with Crippen molar-refractivity contribution < 1.29 is 14.3 Å². The van der Waals surface area contributed by atoms with Crippen molar-refractivity contribution in [2.75, 3.05) is 25.6 Å². The Kier molecular flexibility index (Phi) is 6.02. The molecule has 0 saturated carbocycles. The number of ether oxygens (including phenoxy) is 1. The summed E-state index contributed by atoms with van der Waals surface area (Å²) in [7, 11) is 1.58. The van der Waals surface area contributed by atoms with E-state index in [1.165, 1.54) is 24.0 Å². The third-order valence-electron chi connectivity index (χ3n) is 4.62. The summed E-state index contributed by atoms with van der Waals surface area (Å²) in [6.45, 7) is 0.859. The van der Waals surface area contributed by atoms with Crippen LogP contribution in [0.2, 0.25) is 0 Å². The van der Waals surface area contributed by atoms with Gasteiger partial charge in [-0.05, 0) is 61.1 Å². The van der Waals surface area contributed by atoms with Crippen LogP contribution in [-0.4, -0.2) is 32.1 Å². The molecule has 5 nitrogen and oxygen atoms in total. The number of hydrogen-bond acceptors (Lipinski definition) is 3. The molecule has 0 bridgehead atoms. The molecule has 0 saturated heterocycles. The molecule has 5 heteroatoms. The van der Waals surface area contributed by atoms with Gasteiger partial charge >= 0.3 is 0 Å². The zero-order chi connectivity index (χ0) is 18.4. The third-order valence-corrected chi connectivity index (χ3v) is 4.62. The number of para-hydroxylation sites is 1. The number of aryl methyl sites for hydroxylation is 2. The van der Waals surface area contributed by atoms with Gasteiger partial charge in [-0.25, -0.2) is 0 Å². The Morgan fingerprint density at radius 2 is 1.77 bits per heavy atom. The minimum absolute atomic E-state index is 0.199. The molecule has 0 atom stereocenters. The standard InChI is InChI=1S/C21H24N2O3/c1-26-13-12-22-21(25)18-8-4-5-9-19(18)23-20(24)17-11-10-15-6-2-3-7-16(15)14-17/h4-5,8-11,14H,2-3,6-7,12-13H2,1H3,(H,22,25)(H,23,24). The molecule has 0 fully saturated rings. The fraction of sp³-hybridized carbons (Fsp3) is 0.333. The second-order valence-corrected chi connectivity index (χ2v) is 6.44. The largest absolute Gasteiger partial charge is 0.383 e. The van der Waals surface area contributed by atoms with Gasteiger partial charge in [0.15, 0.2) is 0 Å². The van der Waals surface area contributed by atoms with Gasteiger partial charge in [-0.2, -0.15) is 0 Å². The minimum Gasteiger partial charge on any atom is -0.383 e. The van der Waals surface area contributed by atoms with Gasteiger partial charge in [0.25, 0.3) is 11.8 Å². The maximum atomic E-state index is 12.7. The second kappa shape index (κ2) is 8.63. The van der Waals surface area contributed by atoms with Gasteiger partial charge in [0.05, 0.1) is 17.9 Å². The number of benzene rings is 2. The Morgan fingerprint density at radius 3 is 2.58 bits per heavy atom. The molecule has 0 aliphatic heterocycles. The van der Waals surface area contributed by atoms with Crippen LogP contribution in [0.15, 0.2) is 42.5 Å². The van der Waals surface area contributed by atoms with E-state index in [1.807, 2.05) is 18.2 Å². The minimum atomic E-state index is -0.233. The monoisotopic (exact) mass is 352 g/mol. The van der Waals surface area contributed by atoms with Crippen LogP contribution < -0.4 is 10.6 Å². The van der Waals surface area contributed by atoms with E-state index in [4.69, 9.17) is 4.74 Å². The number of anilines is 1. The van der Waals surface area contributed by atoms with Gasteiger partial charge in [0, 0.05) is 19.2 Å². The van der Waals surface area contributed by atoms with Crippen molar-refractivity contribution in [2.24, 2.45) is 0 Å². The van der Waals surface area contributed by atoms with Gasteiger partial charge in [0.1, 0.15) is 0 Å². The number of carbonyl (C=O) groups excluding carboxylic acids is 2. The van der Waals surface area contributed by atoms with Crippen LogP contribution in [0, 0.1) is 0 Å². The van der Waals surface area contributed by atoms with Crippen LogP contribution >= 0.6 is 0 Å². The predicted molar refractivity (Wildman–Crippen MR) is 102 cm³/mol. The molecule has 0 spiro atoms. The summed E-state index contributed by atoms with van der Waals surface area (Å²) in [5.74, 6) is -0.432. The van der Waals surface area contributed by atoms with E-state index in [2.05, 4.69) is 10.6 Å². The highest BCUT2D eigenvalue weighted by molar-refractivity contribution is 6.09. The number of methoxy groups -OCH3 is 1. The zero-order valence-corrected chi connectivity index (χ0v) is 15.0. The Morgan fingerprint density at radius 1 is 1.00 bits per heavy atom. The topological polar surface area (TPSA) is 67.4 Å². The number of fused-ring (bicyclic) bond motifs is 1. The second-order valence-electron chi connectivity index (χ2n) is 6.44. The summed E-state index contributed by atoms with van der Waals surface area (Å²) in [5.41, 5.74) is 4.17. The normalized spacial score (nSPS) is 13.0. The first-order chi connectivity index (χ1) is 12.7. The maximum absolute atomic E-state index is 12.7. The lowest BCUT2D eigenvalue weighted by molar-refractivity contribution is 0.0938. The summed E-state index contributed by atoms with van der Waals surface area (Å²) in [6.07, 6.45) is 4.49. The highest BCUT2D eigenvalue weighted by atomic mass is 16.5. The quantitative estimate of drug-likeness (QED) is 0.785. The highest BCUT2D eigenvalue weighted by Gasteiger charge is 2.16. The summed E-state index contributed by atoms with van der Waals surface area (Å²) >= 11 is 0. The van der Waals surface area contributed by atoms with Crippen LogP contribution in [0.4, 0.5) is 5.69 Å². The molecule has 2 aromatic carbocycles. The molecule has 1 aliphatic carbocycles. The molecule has 0 heterocycles. The van der Waals surface area contributed by atoms with E-state index in [0.29, 0.717) is 30.0 Å². The maximum Gasteiger partial charge on any atom is 0.255 e. The third kappa shape index (κ3) is 4.29. The van der Waals surface area contributed by atoms with Crippen molar-refractivity contribution in [2.45, 2.75) is 25.7 Å². The molecular formula is C21H24N2O3. The first-order valence-electron chi connectivity index (χ1n) is 8.98. The van der Waals surface area contributed by atoms with Crippen LogP contribution in [0.25, 0.3) is 0 Å². The number of nitrogens with one attached hydrogen (secondary N) is 2. The molecule has 0 radical (unpaired) electrons. The SMILES string of the molecule is COCCNC(=O)c1ccccc1NC(=O)c1ccc2c(c1)CCCC2. The first kappa shape index (κ1) is 18.1. The zero-order valence-electron chi connectivity index (χ0n) is 15.0. The lowest BCUT2D eigenvalue weighted by Gasteiger charge is -2.17. The van der Waals surface area contributed by atoms with E-state index in [1.54, 1.807) is 31.4 Å². The Labute approximate surface area is 153 Å². The number of carbonyl (C=O) groups is 2. The van der Waals surface area contributed by atoms with Gasteiger partial charge in [0.2, 0.25) is 0 Å². The van der Waals surface area contributed by atoms with E-state index in [9.17, 15) is 9.59 Å². The van der Waals surface area contributed by atoms with Gasteiger partial charge in [-0.3, -0.25) is 9.59 Å². The first-order valence-corrected chi connectivity index (χ1v) is 8.98. The number of rotatable bonds is 6. The Hall–Kier alpha value is -2.66. The Bertz CT molecular complexity index is 802. The highest BCUT2D eigenvalue weighted by Crippen LogP contribution is 2.23. The van der Waals surface area contributed by atoms with Crippen LogP contribution in [-0.2, 0) is 17.6 Å². The van der Waals surface area contributed by atoms with Crippen LogP contribution in [0.5, 0.6) is 0 Å². The number of amides is 2. The van der Waals surface area contributed by atoms with Crippen molar-refractivity contribution in [1.29, 1.82) is 0 Å². The van der Waals surface area contributed by atoms with Crippen molar-refractivity contribution in [3.8, 4) is 0 Å². The predicted octanol–water partition coefficient (Wildman–Crippen LogP) is 3.19. The molecule has 2 aromatic rings. The van der Waals surface area contributed by atoms with E-state index in [-0.39, 0.29) is 11.8 Å². The summed E-state index contributed by atoms with van der Waals surface area (Å²) in [6, 6.07) is 12.9. The average molecular weight is 352 g/mol.